The summed E-state index contributed by atoms with van der Waals surface area (Å²) in [7, 11) is 0. The summed E-state index contributed by atoms with van der Waals surface area (Å²) in [6, 6.07) is 15.9. The molecule has 1 N–H and O–H groups in total. The standard InChI is InChI=1S/C19H25N/c1-5-6-17-7-9-19(10-8-17)20-16(4)18-12-14(2)11-15(3)13-18/h7-13,16,20H,5-6H2,1-4H3. The summed E-state index contributed by atoms with van der Waals surface area (Å²) < 4.78 is 0. The van der Waals surface area contributed by atoms with Gasteiger partial charge in [0, 0.05) is 11.7 Å². The molecular weight excluding hydrogens is 242 g/mol. The largest absolute Gasteiger partial charge is 0.379 e. The molecule has 20 heavy (non-hydrogen) atoms. The Morgan fingerprint density at radius 1 is 0.950 bits per heavy atom. The number of hydrogen-bond acceptors (Lipinski definition) is 1. The first-order valence-corrected chi connectivity index (χ1v) is 7.52. The van der Waals surface area contributed by atoms with Crippen molar-refractivity contribution in [2.45, 2.75) is 46.6 Å². The Labute approximate surface area is 123 Å². The first-order chi connectivity index (χ1) is 9.58. The average molecular weight is 267 g/mol. The first-order valence-electron chi connectivity index (χ1n) is 7.52. The predicted molar refractivity (Wildman–Crippen MR) is 88.4 cm³/mol. The van der Waals surface area contributed by atoms with E-state index in [1.54, 1.807) is 0 Å². The van der Waals surface area contributed by atoms with E-state index in [9.17, 15) is 0 Å². The molecular formula is C19H25N. The maximum absolute atomic E-state index is 3.58. The van der Waals surface area contributed by atoms with Crippen LogP contribution < -0.4 is 5.32 Å². The number of nitrogens with one attached hydrogen (secondary N) is 1. The summed E-state index contributed by atoms with van der Waals surface area (Å²) in [6.45, 7) is 8.74. The van der Waals surface area contributed by atoms with E-state index < -0.39 is 0 Å². The third-order valence-corrected chi connectivity index (χ3v) is 3.62. The smallest absolute Gasteiger partial charge is 0.0485 e. The normalized spacial score (nSPS) is 12.2. The number of aryl methyl sites for hydroxylation is 3. The van der Waals surface area contributed by atoms with E-state index >= 15 is 0 Å². The molecule has 0 saturated heterocycles. The molecule has 1 unspecified atom stereocenters. The fourth-order valence-corrected chi connectivity index (χ4v) is 2.65. The van der Waals surface area contributed by atoms with Gasteiger partial charge in [0.25, 0.3) is 0 Å². The topological polar surface area (TPSA) is 12.0 Å². The fraction of sp³-hybridized carbons (Fsp3) is 0.368. The lowest BCUT2D eigenvalue weighted by molar-refractivity contribution is 0.879. The fourth-order valence-electron chi connectivity index (χ4n) is 2.65. The van der Waals surface area contributed by atoms with Crippen LogP contribution in [0.25, 0.3) is 0 Å². The molecule has 0 aromatic heterocycles. The molecule has 0 heterocycles. The van der Waals surface area contributed by atoms with Crippen LogP contribution in [0.2, 0.25) is 0 Å². The van der Waals surface area contributed by atoms with Crippen LogP contribution >= 0.6 is 0 Å². The second-order valence-electron chi connectivity index (χ2n) is 5.73. The Morgan fingerprint density at radius 2 is 1.55 bits per heavy atom. The molecule has 0 aliphatic rings. The van der Waals surface area contributed by atoms with E-state index in [-0.39, 0.29) is 0 Å². The van der Waals surface area contributed by atoms with Gasteiger partial charge in [0.2, 0.25) is 0 Å². The number of benzene rings is 2. The molecule has 0 aliphatic carbocycles. The van der Waals surface area contributed by atoms with Crippen molar-refractivity contribution in [2.24, 2.45) is 0 Å². The van der Waals surface area contributed by atoms with Gasteiger partial charge in [-0.1, -0.05) is 54.8 Å². The summed E-state index contributed by atoms with van der Waals surface area (Å²) in [4.78, 5) is 0. The van der Waals surface area contributed by atoms with Gasteiger partial charge in [0.15, 0.2) is 0 Å². The second kappa shape index (κ2) is 6.60. The van der Waals surface area contributed by atoms with Gasteiger partial charge in [-0.25, -0.2) is 0 Å². The van der Waals surface area contributed by atoms with Crippen LogP contribution in [0, 0.1) is 13.8 Å². The van der Waals surface area contributed by atoms with Crippen molar-refractivity contribution in [3.63, 3.8) is 0 Å². The molecule has 0 amide bonds. The Bertz CT molecular complexity index is 534. The minimum atomic E-state index is 0.325. The molecule has 0 bridgehead atoms. The van der Waals surface area contributed by atoms with E-state index in [0.717, 1.165) is 6.42 Å². The first kappa shape index (κ1) is 14.6. The highest BCUT2D eigenvalue weighted by atomic mass is 14.9. The monoisotopic (exact) mass is 267 g/mol. The van der Waals surface area contributed by atoms with Gasteiger partial charge in [-0.3, -0.25) is 0 Å². The molecule has 0 spiro atoms. The van der Waals surface area contributed by atoms with Gasteiger partial charge in [0.05, 0.1) is 0 Å². The van der Waals surface area contributed by atoms with E-state index in [4.69, 9.17) is 0 Å². The number of hydrogen-bond donors (Lipinski definition) is 1. The van der Waals surface area contributed by atoms with Crippen molar-refractivity contribution in [3.05, 3.63) is 64.7 Å². The minimum absolute atomic E-state index is 0.325. The zero-order valence-corrected chi connectivity index (χ0v) is 13.0. The summed E-state index contributed by atoms with van der Waals surface area (Å²) in [5.74, 6) is 0. The lowest BCUT2D eigenvalue weighted by Gasteiger charge is -2.17. The Kier molecular flexibility index (Phi) is 4.84. The predicted octanol–water partition coefficient (Wildman–Crippen LogP) is 5.43. The van der Waals surface area contributed by atoms with Crippen molar-refractivity contribution in [2.75, 3.05) is 5.32 Å². The van der Waals surface area contributed by atoms with Crippen LogP contribution in [0.15, 0.2) is 42.5 Å². The maximum atomic E-state index is 3.58. The Hall–Kier alpha value is -1.76. The van der Waals surface area contributed by atoms with E-state index in [2.05, 4.69) is 75.5 Å². The van der Waals surface area contributed by atoms with Gasteiger partial charge in [-0.05, 0) is 50.5 Å². The van der Waals surface area contributed by atoms with Gasteiger partial charge in [-0.2, -0.15) is 0 Å². The van der Waals surface area contributed by atoms with Gasteiger partial charge < -0.3 is 5.32 Å². The zero-order valence-electron chi connectivity index (χ0n) is 13.0. The van der Waals surface area contributed by atoms with Crippen LogP contribution in [0.1, 0.15) is 48.6 Å². The number of anilines is 1. The molecule has 0 fully saturated rings. The van der Waals surface area contributed by atoms with Crippen LogP contribution in [-0.4, -0.2) is 0 Å². The Balaban J connectivity index is 2.08. The third kappa shape index (κ3) is 3.86. The average Bonchev–Trinajstić information content (AvgIpc) is 2.40. The minimum Gasteiger partial charge on any atom is -0.379 e. The van der Waals surface area contributed by atoms with Crippen molar-refractivity contribution in [3.8, 4) is 0 Å². The molecule has 1 heteroatoms. The maximum Gasteiger partial charge on any atom is 0.0485 e. The summed E-state index contributed by atoms with van der Waals surface area (Å²) >= 11 is 0. The van der Waals surface area contributed by atoms with Crippen LogP contribution in [0.4, 0.5) is 5.69 Å². The van der Waals surface area contributed by atoms with E-state index in [0.29, 0.717) is 6.04 Å². The van der Waals surface area contributed by atoms with Gasteiger partial charge in [-0.15, -0.1) is 0 Å². The SMILES string of the molecule is CCCc1ccc(NC(C)c2cc(C)cc(C)c2)cc1. The molecule has 0 radical (unpaired) electrons. The second-order valence-corrected chi connectivity index (χ2v) is 5.73. The van der Waals surface area contributed by atoms with Crippen molar-refractivity contribution >= 4 is 5.69 Å². The number of rotatable bonds is 5. The molecule has 0 aliphatic heterocycles. The van der Waals surface area contributed by atoms with Crippen LogP contribution in [0.3, 0.4) is 0 Å². The molecule has 1 atom stereocenters. The lowest BCUT2D eigenvalue weighted by Crippen LogP contribution is -2.07. The summed E-state index contributed by atoms with van der Waals surface area (Å²) in [5.41, 5.74) is 6.60. The Morgan fingerprint density at radius 3 is 2.10 bits per heavy atom. The summed E-state index contributed by atoms with van der Waals surface area (Å²) in [6.07, 6.45) is 2.36. The highest BCUT2D eigenvalue weighted by Gasteiger charge is 2.06. The van der Waals surface area contributed by atoms with Gasteiger partial charge in [0.1, 0.15) is 0 Å². The molecule has 2 aromatic carbocycles. The van der Waals surface area contributed by atoms with Crippen molar-refractivity contribution in [1.82, 2.24) is 0 Å². The molecule has 2 aromatic rings. The molecule has 2 rings (SSSR count). The van der Waals surface area contributed by atoms with Crippen molar-refractivity contribution < 1.29 is 0 Å². The molecule has 1 nitrogen and oxygen atoms in total. The van der Waals surface area contributed by atoms with E-state index in [1.165, 1.54) is 34.4 Å². The van der Waals surface area contributed by atoms with E-state index in [1.807, 2.05) is 0 Å². The third-order valence-electron chi connectivity index (χ3n) is 3.62. The van der Waals surface area contributed by atoms with Crippen molar-refractivity contribution in [1.29, 1.82) is 0 Å². The summed E-state index contributed by atoms with van der Waals surface area (Å²) in [5, 5.41) is 3.58. The highest BCUT2D eigenvalue weighted by molar-refractivity contribution is 5.47. The molecule has 106 valence electrons. The quantitative estimate of drug-likeness (QED) is 0.761. The van der Waals surface area contributed by atoms with Crippen LogP contribution in [0.5, 0.6) is 0 Å². The highest BCUT2D eigenvalue weighted by Crippen LogP contribution is 2.22. The van der Waals surface area contributed by atoms with Crippen LogP contribution in [-0.2, 0) is 6.42 Å². The van der Waals surface area contributed by atoms with Gasteiger partial charge >= 0.3 is 0 Å². The molecule has 0 saturated carbocycles. The zero-order chi connectivity index (χ0) is 14.5. The lowest BCUT2D eigenvalue weighted by atomic mass is 10.0.